The van der Waals surface area contributed by atoms with Crippen LogP contribution in [-0.4, -0.2) is 61.9 Å². The smallest absolute Gasteiger partial charge is 0.293 e. The Kier molecular flexibility index (Phi) is 6.73. The maximum atomic E-state index is 13.1. The van der Waals surface area contributed by atoms with E-state index in [-0.39, 0.29) is 10.6 Å². The second kappa shape index (κ2) is 9.49. The van der Waals surface area contributed by atoms with Crippen LogP contribution in [0.5, 0.6) is 0 Å². The molecule has 1 aromatic carbocycles. The lowest BCUT2D eigenvalue weighted by Gasteiger charge is -2.24. The molecule has 0 atom stereocenters. The number of sulfonamides is 1. The molecule has 0 saturated carbocycles. The van der Waals surface area contributed by atoms with Crippen LogP contribution in [0.25, 0.3) is 0 Å². The third-order valence-corrected chi connectivity index (χ3v) is 8.60. The molecule has 2 saturated heterocycles. The maximum absolute atomic E-state index is 13.1. The van der Waals surface area contributed by atoms with Crippen LogP contribution in [0.3, 0.4) is 0 Å². The SMILES string of the molecule is O=[N+]([O-])c1cc(S(=O)(=O)N2CCCCCC2)ccc1N1CCCN(c2nccs2)CC1. The average molecular weight is 466 g/mol. The number of hydrogen-bond acceptors (Lipinski definition) is 8. The van der Waals surface area contributed by atoms with Gasteiger partial charge >= 0.3 is 0 Å². The highest BCUT2D eigenvalue weighted by atomic mass is 32.2. The lowest BCUT2D eigenvalue weighted by Crippen LogP contribution is -2.32. The first-order valence-corrected chi connectivity index (χ1v) is 13.0. The number of nitro groups is 1. The molecular formula is C20H27N5O4S2. The van der Waals surface area contributed by atoms with Crippen molar-refractivity contribution < 1.29 is 13.3 Å². The van der Waals surface area contributed by atoms with E-state index in [2.05, 4.69) is 9.88 Å². The first-order chi connectivity index (χ1) is 15.0. The molecule has 2 aliphatic rings. The number of nitrogens with zero attached hydrogens (tertiary/aromatic N) is 5. The Morgan fingerprint density at radius 2 is 1.65 bits per heavy atom. The molecule has 0 N–H and O–H groups in total. The first-order valence-electron chi connectivity index (χ1n) is 10.6. The molecule has 0 amide bonds. The minimum Gasteiger partial charge on any atom is -0.364 e. The third kappa shape index (κ3) is 4.83. The Morgan fingerprint density at radius 1 is 0.935 bits per heavy atom. The fourth-order valence-corrected chi connectivity index (χ4v) is 6.46. The molecule has 0 bridgehead atoms. The molecule has 0 spiro atoms. The van der Waals surface area contributed by atoms with Gasteiger partial charge in [0.15, 0.2) is 5.13 Å². The van der Waals surface area contributed by atoms with E-state index in [1.807, 2.05) is 10.3 Å². The van der Waals surface area contributed by atoms with Gasteiger partial charge in [-0.15, -0.1) is 11.3 Å². The van der Waals surface area contributed by atoms with Gasteiger partial charge in [-0.25, -0.2) is 13.4 Å². The molecule has 0 radical (unpaired) electrons. The molecule has 11 heteroatoms. The molecule has 0 aliphatic carbocycles. The summed E-state index contributed by atoms with van der Waals surface area (Å²) >= 11 is 1.58. The number of aromatic nitrogens is 1. The van der Waals surface area contributed by atoms with Crippen LogP contribution in [0.4, 0.5) is 16.5 Å². The zero-order valence-corrected chi connectivity index (χ0v) is 19.0. The predicted octanol–water partition coefficient (Wildman–Crippen LogP) is 3.33. The third-order valence-electron chi connectivity index (χ3n) is 5.87. The Bertz CT molecular complexity index is 1000. The van der Waals surface area contributed by atoms with Crippen LogP contribution < -0.4 is 9.80 Å². The van der Waals surface area contributed by atoms with Crippen molar-refractivity contribution in [2.45, 2.75) is 37.0 Å². The Balaban J connectivity index is 1.58. The summed E-state index contributed by atoms with van der Waals surface area (Å²) in [6, 6.07) is 4.35. The summed E-state index contributed by atoms with van der Waals surface area (Å²) in [5.41, 5.74) is 0.319. The van der Waals surface area contributed by atoms with E-state index in [1.165, 1.54) is 16.4 Å². The first kappa shape index (κ1) is 22.0. The largest absolute Gasteiger partial charge is 0.364 e. The van der Waals surface area contributed by atoms with Crippen LogP contribution >= 0.6 is 11.3 Å². The Hall–Kier alpha value is -2.24. The van der Waals surface area contributed by atoms with Crippen molar-refractivity contribution in [2.75, 3.05) is 49.1 Å². The molecule has 3 heterocycles. The van der Waals surface area contributed by atoms with Gasteiger partial charge in [0.05, 0.1) is 9.82 Å². The van der Waals surface area contributed by atoms with E-state index in [9.17, 15) is 18.5 Å². The van der Waals surface area contributed by atoms with E-state index in [4.69, 9.17) is 0 Å². The fourth-order valence-electron chi connectivity index (χ4n) is 4.23. The summed E-state index contributed by atoms with van der Waals surface area (Å²) in [4.78, 5) is 19.9. The van der Waals surface area contributed by atoms with Crippen molar-refractivity contribution in [3.63, 3.8) is 0 Å². The number of rotatable bonds is 5. The van der Waals surface area contributed by atoms with Crippen molar-refractivity contribution in [1.82, 2.24) is 9.29 Å². The normalized spacial score (nSPS) is 19.1. The van der Waals surface area contributed by atoms with Crippen LogP contribution in [0, 0.1) is 10.1 Å². The summed E-state index contributed by atoms with van der Waals surface area (Å²) in [7, 11) is -3.74. The Labute approximate surface area is 186 Å². The van der Waals surface area contributed by atoms with Crippen molar-refractivity contribution >= 4 is 37.9 Å². The van der Waals surface area contributed by atoms with Crippen LogP contribution in [0.1, 0.15) is 32.1 Å². The molecular weight excluding hydrogens is 438 g/mol. The van der Waals surface area contributed by atoms with E-state index in [0.717, 1.165) is 43.8 Å². The molecule has 2 aliphatic heterocycles. The van der Waals surface area contributed by atoms with Gasteiger partial charge in [0.1, 0.15) is 5.69 Å². The molecule has 0 unspecified atom stereocenters. The van der Waals surface area contributed by atoms with Crippen LogP contribution in [-0.2, 0) is 10.0 Å². The van der Waals surface area contributed by atoms with E-state index < -0.39 is 14.9 Å². The molecule has 9 nitrogen and oxygen atoms in total. The summed E-state index contributed by atoms with van der Waals surface area (Å²) in [5.74, 6) is 0. The minimum absolute atomic E-state index is 0.00378. The molecule has 31 heavy (non-hydrogen) atoms. The zero-order chi connectivity index (χ0) is 21.8. The topological polar surface area (TPSA) is 99.9 Å². The lowest BCUT2D eigenvalue weighted by molar-refractivity contribution is -0.384. The van der Waals surface area contributed by atoms with Gasteiger partial charge in [0.2, 0.25) is 10.0 Å². The van der Waals surface area contributed by atoms with Gasteiger partial charge in [-0.3, -0.25) is 10.1 Å². The van der Waals surface area contributed by atoms with E-state index >= 15 is 0 Å². The predicted molar refractivity (Wildman–Crippen MR) is 121 cm³/mol. The summed E-state index contributed by atoms with van der Waals surface area (Å²) in [6.45, 7) is 3.75. The number of benzene rings is 1. The highest BCUT2D eigenvalue weighted by molar-refractivity contribution is 7.89. The zero-order valence-electron chi connectivity index (χ0n) is 17.4. The van der Waals surface area contributed by atoms with Gasteiger partial charge in [0, 0.05) is 56.9 Å². The van der Waals surface area contributed by atoms with E-state index in [1.54, 1.807) is 23.6 Å². The van der Waals surface area contributed by atoms with Crippen molar-refractivity contribution in [3.8, 4) is 0 Å². The molecule has 2 aromatic rings. The Morgan fingerprint density at radius 3 is 2.32 bits per heavy atom. The van der Waals surface area contributed by atoms with Gasteiger partial charge in [0.25, 0.3) is 5.69 Å². The number of hydrogen-bond donors (Lipinski definition) is 0. The number of anilines is 2. The summed E-state index contributed by atoms with van der Waals surface area (Å²) < 4.78 is 27.7. The van der Waals surface area contributed by atoms with E-state index in [0.29, 0.717) is 38.4 Å². The van der Waals surface area contributed by atoms with Gasteiger partial charge in [-0.1, -0.05) is 12.8 Å². The standard InChI is InChI=1S/C20H27N5O4S2/c26-25(27)19-16-17(31(28,29)24-11-3-1-2-4-12-24)6-7-18(19)22-9-5-10-23(14-13-22)20-21-8-15-30-20/h6-8,15-16H,1-5,9-14H2. The van der Waals surface area contributed by atoms with Gasteiger partial charge in [-0.05, 0) is 31.4 Å². The van der Waals surface area contributed by atoms with Crippen LogP contribution in [0.15, 0.2) is 34.7 Å². The second-order valence-corrected chi connectivity index (χ2v) is 10.7. The maximum Gasteiger partial charge on any atom is 0.293 e. The van der Waals surface area contributed by atoms with Gasteiger partial charge in [-0.2, -0.15) is 4.31 Å². The fraction of sp³-hybridized carbons (Fsp3) is 0.550. The molecule has 1 aromatic heterocycles. The minimum atomic E-state index is -3.74. The van der Waals surface area contributed by atoms with Crippen molar-refractivity contribution in [1.29, 1.82) is 0 Å². The summed E-state index contributed by atoms with van der Waals surface area (Å²) in [6.07, 6.45) is 6.28. The average Bonchev–Trinajstić information content (AvgIpc) is 3.01. The highest BCUT2D eigenvalue weighted by Gasteiger charge is 2.30. The summed E-state index contributed by atoms with van der Waals surface area (Å²) in [5, 5.41) is 14.8. The highest BCUT2D eigenvalue weighted by Crippen LogP contribution is 2.33. The van der Waals surface area contributed by atoms with Crippen molar-refractivity contribution in [3.05, 3.63) is 39.9 Å². The van der Waals surface area contributed by atoms with Crippen molar-refractivity contribution in [2.24, 2.45) is 0 Å². The second-order valence-electron chi connectivity index (χ2n) is 7.87. The van der Waals surface area contributed by atoms with Crippen LogP contribution in [0.2, 0.25) is 0 Å². The molecule has 4 rings (SSSR count). The lowest BCUT2D eigenvalue weighted by atomic mass is 10.2. The quantitative estimate of drug-likeness (QED) is 0.493. The van der Waals surface area contributed by atoms with Gasteiger partial charge < -0.3 is 9.80 Å². The number of thiazole rings is 1. The number of nitro benzene ring substituents is 1. The molecule has 168 valence electrons. The molecule has 2 fully saturated rings. The monoisotopic (exact) mass is 465 g/mol.